The second-order valence-electron chi connectivity index (χ2n) is 5.27. The minimum Gasteiger partial charge on any atom is -0.396 e. The average Bonchev–Trinajstić information content (AvgIpc) is 2.86. The number of carbonyl (C=O) groups is 1. The van der Waals surface area contributed by atoms with Crippen LogP contribution < -0.4 is 5.32 Å². The molecular formula is C15H20Cl2N2O2. The summed E-state index contributed by atoms with van der Waals surface area (Å²) in [7, 11) is 0. The van der Waals surface area contributed by atoms with E-state index in [4.69, 9.17) is 28.3 Å². The second kappa shape index (κ2) is 7.99. The third-order valence-electron chi connectivity index (χ3n) is 3.65. The van der Waals surface area contributed by atoms with Gasteiger partial charge < -0.3 is 10.4 Å². The highest BCUT2D eigenvalue weighted by molar-refractivity contribution is 6.35. The SMILES string of the molecule is O=C(Nc1cc(Cl)cc(Cl)c1)C1CCCN1CCCCO. The van der Waals surface area contributed by atoms with Crippen molar-refractivity contribution in [3.8, 4) is 0 Å². The summed E-state index contributed by atoms with van der Waals surface area (Å²) in [4.78, 5) is 14.6. The molecule has 0 saturated carbocycles. The van der Waals surface area contributed by atoms with E-state index in [0.29, 0.717) is 15.7 Å². The Morgan fingerprint density at radius 2 is 2.00 bits per heavy atom. The van der Waals surface area contributed by atoms with Gasteiger partial charge in [0.1, 0.15) is 0 Å². The van der Waals surface area contributed by atoms with Crippen LogP contribution >= 0.6 is 23.2 Å². The Balaban J connectivity index is 1.95. The van der Waals surface area contributed by atoms with Crippen LogP contribution in [-0.2, 0) is 4.79 Å². The number of likely N-dealkylation sites (tertiary alicyclic amines) is 1. The molecule has 1 atom stereocenters. The summed E-state index contributed by atoms with van der Waals surface area (Å²) in [6.07, 6.45) is 3.56. The van der Waals surface area contributed by atoms with E-state index in [0.717, 1.165) is 38.8 Å². The molecule has 2 rings (SSSR count). The van der Waals surface area contributed by atoms with Crippen LogP contribution in [0.4, 0.5) is 5.69 Å². The third kappa shape index (κ3) is 4.85. The van der Waals surface area contributed by atoms with Gasteiger partial charge in [-0.2, -0.15) is 0 Å². The Bertz CT molecular complexity index is 476. The van der Waals surface area contributed by atoms with Crippen LogP contribution in [-0.4, -0.2) is 41.7 Å². The Hall–Kier alpha value is -0.810. The van der Waals surface area contributed by atoms with Gasteiger partial charge in [-0.1, -0.05) is 23.2 Å². The molecule has 1 amide bonds. The first kappa shape index (κ1) is 16.6. The van der Waals surface area contributed by atoms with Crippen LogP contribution in [0.2, 0.25) is 10.0 Å². The molecule has 0 aromatic heterocycles. The molecule has 1 unspecified atom stereocenters. The number of nitrogens with zero attached hydrogens (tertiary/aromatic N) is 1. The molecule has 1 heterocycles. The lowest BCUT2D eigenvalue weighted by atomic mass is 10.2. The maximum Gasteiger partial charge on any atom is 0.241 e. The number of nitrogens with one attached hydrogen (secondary N) is 1. The zero-order valence-electron chi connectivity index (χ0n) is 11.8. The fraction of sp³-hybridized carbons (Fsp3) is 0.533. The lowest BCUT2D eigenvalue weighted by Crippen LogP contribution is -2.40. The van der Waals surface area contributed by atoms with Crippen LogP contribution in [0.5, 0.6) is 0 Å². The van der Waals surface area contributed by atoms with Crippen molar-refractivity contribution in [1.82, 2.24) is 4.90 Å². The predicted octanol–water partition coefficient (Wildman–Crippen LogP) is 3.17. The Kier molecular flexibility index (Phi) is 6.30. The van der Waals surface area contributed by atoms with Crippen molar-refractivity contribution in [2.45, 2.75) is 31.7 Å². The highest BCUT2D eigenvalue weighted by Gasteiger charge is 2.30. The van der Waals surface area contributed by atoms with Crippen LogP contribution in [0.15, 0.2) is 18.2 Å². The highest BCUT2D eigenvalue weighted by Crippen LogP contribution is 2.24. The van der Waals surface area contributed by atoms with Gasteiger partial charge in [0, 0.05) is 22.3 Å². The van der Waals surface area contributed by atoms with E-state index in [9.17, 15) is 4.79 Å². The van der Waals surface area contributed by atoms with E-state index in [-0.39, 0.29) is 18.6 Å². The number of amides is 1. The molecule has 2 N–H and O–H groups in total. The molecular weight excluding hydrogens is 311 g/mol. The summed E-state index contributed by atoms with van der Waals surface area (Å²) >= 11 is 11.9. The fourth-order valence-corrected chi connectivity index (χ4v) is 3.20. The number of hydrogen-bond acceptors (Lipinski definition) is 3. The Morgan fingerprint density at radius 3 is 2.67 bits per heavy atom. The van der Waals surface area contributed by atoms with E-state index >= 15 is 0 Å². The van der Waals surface area contributed by atoms with Gasteiger partial charge in [-0.25, -0.2) is 0 Å². The number of anilines is 1. The fourth-order valence-electron chi connectivity index (χ4n) is 2.67. The maximum atomic E-state index is 12.4. The number of aliphatic hydroxyl groups excluding tert-OH is 1. The van der Waals surface area contributed by atoms with E-state index in [1.165, 1.54) is 0 Å². The summed E-state index contributed by atoms with van der Waals surface area (Å²) in [5.74, 6) is -0.0187. The Morgan fingerprint density at radius 1 is 1.29 bits per heavy atom. The first-order valence-electron chi connectivity index (χ1n) is 7.22. The van der Waals surface area contributed by atoms with Crippen molar-refractivity contribution in [1.29, 1.82) is 0 Å². The molecule has 1 saturated heterocycles. The summed E-state index contributed by atoms with van der Waals surface area (Å²) < 4.78 is 0. The Labute approximate surface area is 135 Å². The molecule has 0 aliphatic carbocycles. The van der Waals surface area contributed by atoms with Crippen molar-refractivity contribution >= 4 is 34.8 Å². The van der Waals surface area contributed by atoms with Gasteiger partial charge >= 0.3 is 0 Å². The highest BCUT2D eigenvalue weighted by atomic mass is 35.5. The topological polar surface area (TPSA) is 52.6 Å². The summed E-state index contributed by atoms with van der Waals surface area (Å²) in [5.41, 5.74) is 0.625. The van der Waals surface area contributed by atoms with Gasteiger partial charge in [0.15, 0.2) is 0 Å². The molecule has 116 valence electrons. The van der Waals surface area contributed by atoms with Crippen molar-refractivity contribution in [2.75, 3.05) is 25.0 Å². The molecule has 6 heteroatoms. The van der Waals surface area contributed by atoms with Crippen LogP contribution in [0.25, 0.3) is 0 Å². The minimum absolute atomic E-state index is 0.0187. The first-order chi connectivity index (χ1) is 10.1. The molecule has 1 aliphatic rings. The summed E-state index contributed by atoms with van der Waals surface area (Å²) in [6.45, 7) is 1.97. The zero-order valence-corrected chi connectivity index (χ0v) is 13.3. The number of rotatable bonds is 6. The lowest BCUT2D eigenvalue weighted by molar-refractivity contribution is -0.120. The van der Waals surface area contributed by atoms with Crippen LogP contribution in [0, 0.1) is 0 Å². The van der Waals surface area contributed by atoms with Crippen molar-refractivity contribution in [3.63, 3.8) is 0 Å². The van der Waals surface area contributed by atoms with Gasteiger partial charge in [-0.3, -0.25) is 9.69 Å². The van der Waals surface area contributed by atoms with Crippen LogP contribution in [0.3, 0.4) is 0 Å². The van der Waals surface area contributed by atoms with Gasteiger partial charge in [0.05, 0.1) is 6.04 Å². The number of carbonyl (C=O) groups excluding carboxylic acids is 1. The quantitative estimate of drug-likeness (QED) is 0.787. The summed E-state index contributed by atoms with van der Waals surface area (Å²) in [6, 6.07) is 4.91. The van der Waals surface area contributed by atoms with Gasteiger partial charge in [-0.15, -0.1) is 0 Å². The van der Waals surface area contributed by atoms with E-state index in [2.05, 4.69) is 10.2 Å². The van der Waals surface area contributed by atoms with Crippen molar-refractivity contribution in [2.24, 2.45) is 0 Å². The second-order valence-corrected chi connectivity index (χ2v) is 6.14. The molecule has 1 fully saturated rings. The van der Waals surface area contributed by atoms with Gasteiger partial charge in [0.2, 0.25) is 5.91 Å². The van der Waals surface area contributed by atoms with Gasteiger partial charge in [-0.05, 0) is 57.0 Å². The number of unbranched alkanes of at least 4 members (excludes halogenated alkanes) is 1. The third-order valence-corrected chi connectivity index (χ3v) is 4.09. The van der Waals surface area contributed by atoms with Crippen LogP contribution in [0.1, 0.15) is 25.7 Å². The van der Waals surface area contributed by atoms with Crippen molar-refractivity contribution < 1.29 is 9.90 Å². The van der Waals surface area contributed by atoms with Crippen molar-refractivity contribution in [3.05, 3.63) is 28.2 Å². The molecule has 0 bridgehead atoms. The maximum absolute atomic E-state index is 12.4. The van der Waals surface area contributed by atoms with Gasteiger partial charge in [0.25, 0.3) is 0 Å². The number of hydrogen-bond donors (Lipinski definition) is 2. The zero-order chi connectivity index (χ0) is 15.2. The number of halogens is 2. The number of aliphatic hydroxyl groups is 1. The first-order valence-corrected chi connectivity index (χ1v) is 7.97. The molecule has 4 nitrogen and oxygen atoms in total. The predicted molar refractivity (Wildman–Crippen MR) is 86.0 cm³/mol. The van der Waals surface area contributed by atoms with E-state index < -0.39 is 0 Å². The normalized spacial score (nSPS) is 18.9. The molecule has 0 radical (unpaired) electrons. The minimum atomic E-state index is -0.110. The monoisotopic (exact) mass is 330 g/mol. The molecule has 1 aromatic rings. The number of benzene rings is 1. The van der Waals surface area contributed by atoms with E-state index in [1.54, 1.807) is 18.2 Å². The van der Waals surface area contributed by atoms with E-state index in [1.807, 2.05) is 0 Å². The molecule has 1 aromatic carbocycles. The average molecular weight is 331 g/mol. The molecule has 21 heavy (non-hydrogen) atoms. The largest absolute Gasteiger partial charge is 0.396 e. The molecule has 0 spiro atoms. The summed E-state index contributed by atoms with van der Waals surface area (Å²) in [5, 5.41) is 12.7. The smallest absolute Gasteiger partial charge is 0.241 e. The standard InChI is InChI=1S/C15H20Cl2N2O2/c16-11-8-12(17)10-13(9-11)18-15(21)14-4-3-6-19(14)5-1-2-7-20/h8-10,14,20H,1-7H2,(H,18,21). The molecule has 1 aliphatic heterocycles. The lowest BCUT2D eigenvalue weighted by Gasteiger charge is -2.23.